The normalized spacial score (nSPS) is 23.5. The highest BCUT2D eigenvalue weighted by atomic mass is 35.5. The summed E-state index contributed by atoms with van der Waals surface area (Å²) in [5.41, 5.74) is 4.32. The van der Waals surface area contributed by atoms with Gasteiger partial charge in [0, 0.05) is 80.8 Å². The number of likely N-dealkylation sites (tertiary alicyclic amines) is 1. The molecule has 14 heteroatoms. The molecule has 0 unspecified atom stereocenters. The molecule has 4 aromatic rings. The summed E-state index contributed by atoms with van der Waals surface area (Å²) in [7, 11) is 3.39. The molecule has 2 aliphatic carbocycles. The Labute approximate surface area is 341 Å². The molecular formula is C43H47Cl2FN6O5. The van der Waals surface area contributed by atoms with Crippen molar-refractivity contribution in [3.8, 4) is 16.9 Å². The Bertz CT molecular complexity index is 2250. The predicted octanol–water partition coefficient (Wildman–Crippen LogP) is 7.87. The van der Waals surface area contributed by atoms with Crippen LogP contribution in [-0.4, -0.2) is 85.8 Å². The van der Waals surface area contributed by atoms with Gasteiger partial charge in [-0.3, -0.25) is 24.4 Å². The number of pyridine rings is 1. The van der Waals surface area contributed by atoms with Gasteiger partial charge in [0.2, 0.25) is 0 Å². The van der Waals surface area contributed by atoms with E-state index in [-0.39, 0.29) is 33.1 Å². The van der Waals surface area contributed by atoms with Gasteiger partial charge in [0.25, 0.3) is 5.91 Å². The molecule has 2 aromatic carbocycles. The highest BCUT2D eigenvalue weighted by Gasteiger charge is 2.57. The van der Waals surface area contributed by atoms with Gasteiger partial charge in [-0.25, -0.2) is 9.37 Å². The molecule has 300 valence electrons. The lowest BCUT2D eigenvalue weighted by molar-refractivity contribution is -0.148. The number of benzene rings is 2. The van der Waals surface area contributed by atoms with Gasteiger partial charge in [-0.15, -0.1) is 0 Å². The quantitative estimate of drug-likeness (QED) is 0.131. The number of methoxy groups -OCH3 is 1. The maximum absolute atomic E-state index is 15.7. The van der Waals surface area contributed by atoms with Crippen molar-refractivity contribution in [1.29, 1.82) is 0 Å². The zero-order chi connectivity index (χ0) is 40.1. The number of aliphatic hydroxyl groups excluding tert-OH is 1. The first kappa shape index (κ1) is 39.5. The molecule has 1 saturated heterocycles. The van der Waals surface area contributed by atoms with E-state index in [0.717, 1.165) is 81.5 Å². The van der Waals surface area contributed by atoms with E-state index in [2.05, 4.69) is 20.1 Å². The third-order valence-corrected chi connectivity index (χ3v) is 13.7. The highest BCUT2D eigenvalue weighted by molar-refractivity contribution is 6.39. The van der Waals surface area contributed by atoms with Crippen LogP contribution in [0.25, 0.3) is 23.0 Å². The first-order valence-electron chi connectivity index (χ1n) is 19.6. The average molecular weight is 818 g/mol. The number of aliphatic hydroxyl groups is 1. The Morgan fingerprint density at radius 1 is 1.07 bits per heavy atom. The molecule has 57 heavy (non-hydrogen) atoms. The minimum atomic E-state index is -0.635. The number of hydrogen-bond donors (Lipinski definition) is 3. The molecule has 2 saturated carbocycles. The van der Waals surface area contributed by atoms with Crippen molar-refractivity contribution >= 4 is 52.7 Å². The van der Waals surface area contributed by atoms with E-state index < -0.39 is 23.1 Å². The number of rotatable bonds is 12. The molecule has 1 atom stereocenters. The van der Waals surface area contributed by atoms with Crippen LogP contribution in [0.15, 0.2) is 48.7 Å². The van der Waals surface area contributed by atoms with Crippen molar-refractivity contribution in [2.75, 3.05) is 38.6 Å². The Kier molecular flexibility index (Phi) is 10.9. The lowest BCUT2D eigenvalue weighted by Crippen LogP contribution is -2.34. The number of ether oxygens (including phenoxy) is 1. The van der Waals surface area contributed by atoms with Gasteiger partial charge in [0.05, 0.1) is 40.1 Å². The van der Waals surface area contributed by atoms with Crippen LogP contribution in [0, 0.1) is 10.8 Å². The van der Waals surface area contributed by atoms with E-state index in [1.165, 1.54) is 13.2 Å². The summed E-state index contributed by atoms with van der Waals surface area (Å²) in [5, 5.41) is 23.2. The summed E-state index contributed by atoms with van der Waals surface area (Å²) in [4.78, 5) is 39.3. The third-order valence-electron chi connectivity index (χ3n) is 12.8. The van der Waals surface area contributed by atoms with Gasteiger partial charge in [-0.1, -0.05) is 53.5 Å². The zero-order valence-electron chi connectivity index (χ0n) is 32.2. The number of halogens is 3. The number of fused-ring (bicyclic) bond motifs is 3. The minimum absolute atomic E-state index is 0.0935. The van der Waals surface area contributed by atoms with Crippen molar-refractivity contribution in [3.63, 3.8) is 0 Å². The van der Waals surface area contributed by atoms with Gasteiger partial charge >= 0.3 is 5.97 Å². The number of hydrogen-bond acceptors (Lipinski definition) is 8. The Hall–Kier alpha value is -4.33. The maximum Gasteiger partial charge on any atom is 0.309 e. The summed E-state index contributed by atoms with van der Waals surface area (Å²) in [6.07, 6.45) is 9.35. The van der Waals surface area contributed by atoms with Crippen LogP contribution in [0.4, 0.5) is 10.1 Å². The molecule has 0 spiro atoms. The lowest BCUT2D eigenvalue weighted by atomic mass is 9.80. The SMILES string of the molecule is COc1cc(/C(F)=C/c2cccc(-c3cccc(NC(=O)c4nc5c(n4C)CCN(CCC46CCC(C(=O)O)(CC4)C6)C5)c3Cl)c2Cl)ncc1CN1CC[C@H](O)C1. The van der Waals surface area contributed by atoms with Crippen LogP contribution in [0.1, 0.15) is 83.8 Å². The van der Waals surface area contributed by atoms with Gasteiger partial charge in [-0.05, 0) is 74.6 Å². The van der Waals surface area contributed by atoms with Crippen LogP contribution in [0.3, 0.4) is 0 Å². The number of nitrogens with zero attached hydrogens (tertiary/aromatic N) is 5. The number of aromatic nitrogens is 3. The summed E-state index contributed by atoms with van der Waals surface area (Å²) >= 11 is 13.9. The summed E-state index contributed by atoms with van der Waals surface area (Å²) in [5.74, 6) is -0.840. The number of carboxylic acid groups (broad SMARTS) is 1. The summed E-state index contributed by atoms with van der Waals surface area (Å²) < 4.78 is 23.2. The molecule has 2 aromatic heterocycles. The molecule has 11 nitrogen and oxygen atoms in total. The molecule has 2 bridgehead atoms. The Morgan fingerprint density at radius 2 is 1.82 bits per heavy atom. The fourth-order valence-electron chi connectivity index (χ4n) is 9.53. The number of amides is 1. The number of carbonyl (C=O) groups excluding carboxylic acids is 1. The molecule has 3 fully saturated rings. The molecule has 0 radical (unpaired) electrons. The molecule has 3 N–H and O–H groups in total. The predicted molar refractivity (Wildman–Crippen MR) is 218 cm³/mol. The molecular weight excluding hydrogens is 770 g/mol. The van der Waals surface area contributed by atoms with Crippen LogP contribution in [0.5, 0.6) is 5.75 Å². The monoisotopic (exact) mass is 816 g/mol. The summed E-state index contributed by atoms with van der Waals surface area (Å²) in [6, 6.07) is 12.1. The zero-order valence-corrected chi connectivity index (χ0v) is 33.7. The van der Waals surface area contributed by atoms with E-state index in [9.17, 15) is 19.8 Å². The standard InChI is InChI=1S/C43H47Cl2FN6O5/c1-50-35-10-17-51(18-15-42-11-13-43(25-42,14-12-42)41(55)56)24-34(35)48-39(50)40(54)49-32-8-4-7-30(38(32)45)29-6-3-5-26(37(29)44)19-31(46)33-20-36(57-2)27(21-47-33)22-52-16-9-28(53)23-52/h3-8,19-21,28,53H,9-18,22-25H2,1-2H3,(H,49,54)(H,55,56)/b31-19-/t28-,42?,43?/m0/s1. The number of carboxylic acids is 1. The van der Waals surface area contributed by atoms with Crippen LogP contribution in [-0.2, 0) is 31.4 Å². The van der Waals surface area contributed by atoms with E-state index >= 15 is 4.39 Å². The van der Waals surface area contributed by atoms with Gasteiger partial charge < -0.3 is 24.8 Å². The molecule has 8 rings (SSSR count). The second-order valence-electron chi connectivity index (χ2n) is 16.3. The summed E-state index contributed by atoms with van der Waals surface area (Å²) in [6.45, 7) is 4.24. The number of anilines is 1. The van der Waals surface area contributed by atoms with Gasteiger partial charge in [0.1, 0.15) is 17.3 Å². The second kappa shape index (κ2) is 15.8. The largest absolute Gasteiger partial charge is 0.496 e. The molecule has 1 amide bonds. The maximum atomic E-state index is 15.7. The lowest BCUT2D eigenvalue weighted by Gasteiger charge is -2.32. The fourth-order valence-corrected chi connectivity index (χ4v) is 10.1. The van der Waals surface area contributed by atoms with Crippen molar-refractivity contribution < 1.29 is 28.9 Å². The van der Waals surface area contributed by atoms with E-state index in [4.69, 9.17) is 32.9 Å². The first-order chi connectivity index (χ1) is 27.4. The van der Waals surface area contributed by atoms with Crippen molar-refractivity contribution in [2.45, 2.75) is 70.6 Å². The van der Waals surface area contributed by atoms with Crippen molar-refractivity contribution in [3.05, 3.63) is 92.7 Å². The Balaban J connectivity index is 0.949. The number of imidazole rings is 1. The highest BCUT2D eigenvalue weighted by Crippen LogP contribution is 2.63. The third kappa shape index (κ3) is 7.70. The van der Waals surface area contributed by atoms with E-state index in [1.807, 2.05) is 11.6 Å². The van der Waals surface area contributed by atoms with Crippen LogP contribution >= 0.6 is 23.2 Å². The number of carbonyl (C=O) groups is 2. The van der Waals surface area contributed by atoms with Gasteiger partial charge in [-0.2, -0.15) is 0 Å². The van der Waals surface area contributed by atoms with Crippen molar-refractivity contribution in [1.82, 2.24) is 24.3 Å². The smallest absolute Gasteiger partial charge is 0.309 e. The van der Waals surface area contributed by atoms with E-state index in [0.29, 0.717) is 54.2 Å². The van der Waals surface area contributed by atoms with Gasteiger partial charge in [0.15, 0.2) is 5.82 Å². The van der Waals surface area contributed by atoms with Crippen LogP contribution in [0.2, 0.25) is 10.0 Å². The van der Waals surface area contributed by atoms with Crippen LogP contribution < -0.4 is 10.1 Å². The molecule has 4 aliphatic rings. The topological polar surface area (TPSA) is 133 Å². The van der Waals surface area contributed by atoms with Crippen molar-refractivity contribution in [2.24, 2.45) is 17.9 Å². The number of aliphatic carboxylic acids is 1. The number of β-amino-alcohol motifs (C(OH)–C–C–N with tert-alkyl or cyclic N) is 1. The Morgan fingerprint density at radius 3 is 2.53 bits per heavy atom. The second-order valence-corrected chi connectivity index (χ2v) is 17.1. The molecule has 2 aliphatic heterocycles. The number of nitrogens with one attached hydrogen (secondary N) is 1. The minimum Gasteiger partial charge on any atom is -0.496 e. The first-order valence-corrected chi connectivity index (χ1v) is 20.3. The van der Waals surface area contributed by atoms with E-state index in [1.54, 1.807) is 48.7 Å². The fraction of sp³-hybridized carbons (Fsp3) is 0.442. The molecule has 4 heterocycles. The average Bonchev–Trinajstić information content (AvgIpc) is 3.98.